The van der Waals surface area contributed by atoms with Crippen LogP contribution >= 0.6 is 0 Å². The minimum absolute atomic E-state index is 0.563. The van der Waals surface area contributed by atoms with Crippen molar-refractivity contribution in [1.29, 1.82) is 0 Å². The highest BCUT2D eigenvalue weighted by Gasteiger charge is 2.04. The zero-order valence-electron chi connectivity index (χ0n) is 13.9. The molecule has 0 aliphatic carbocycles. The van der Waals surface area contributed by atoms with Crippen LogP contribution in [0.3, 0.4) is 0 Å². The van der Waals surface area contributed by atoms with Crippen LogP contribution in [0.2, 0.25) is 0 Å². The van der Waals surface area contributed by atoms with Crippen molar-refractivity contribution in [3.05, 3.63) is 24.3 Å². The molecule has 120 valence electrons. The van der Waals surface area contributed by atoms with E-state index in [0.29, 0.717) is 19.3 Å². The number of para-hydroxylation sites is 2. The van der Waals surface area contributed by atoms with Crippen molar-refractivity contribution in [3.8, 4) is 11.5 Å². The first kappa shape index (κ1) is 17.8. The van der Waals surface area contributed by atoms with E-state index in [1.165, 1.54) is 32.1 Å². The van der Waals surface area contributed by atoms with E-state index < -0.39 is 0 Å². The van der Waals surface area contributed by atoms with E-state index in [4.69, 9.17) is 9.47 Å². The third-order valence-electron chi connectivity index (χ3n) is 3.49. The predicted octanol–water partition coefficient (Wildman–Crippen LogP) is 4.41. The van der Waals surface area contributed by atoms with Crippen LogP contribution in [-0.2, 0) is 0 Å². The number of hydrogen-bond acceptors (Lipinski definition) is 3. The van der Waals surface area contributed by atoms with Gasteiger partial charge >= 0.3 is 0 Å². The minimum Gasteiger partial charge on any atom is -0.490 e. The summed E-state index contributed by atoms with van der Waals surface area (Å²) in [5, 5.41) is 3.52. The Morgan fingerprint density at radius 2 is 1.71 bits per heavy atom. The molecule has 0 bridgehead atoms. The van der Waals surface area contributed by atoms with E-state index in [1.54, 1.807) is 0 Å². The Morgan fingerprint density at radius 3 is 2.38 bits per heavy atom. The number of unbranched alkanes of at least 4 members (excludes halogenated alkanes) is 3. The van der Waals surface area contributed by atoms with Gasteiger partial charge in [-0.3, -0.25) is 0 Å². The first-order valence-electron chi connectivity index (χ1n) is 8.35. The van der Waals surface area contributed by atoms with Crippen LogP contribution in [0.25, 0.3) is 0 Å². The molecule has 1 aromatic carbocycles. The second-order valence-corrected chi connectivity index (χ2v) is 5.43. The predicted molar refractivity (Wildman–Crippen MR) is 89.3 cm³/mol. The van der Waals surface area contributed by atoms with Crippen molar-refractivity contribution in [3.63, 3.8) is 0 Å². The lowest BCUT2D eigenvalue weighted by Gasteiger charge is -2.15. The zero-order chi connectivity index (χ0) is 15.3. The van der Waals surface area contributed by atoms with Crippen molar-refractivity contribution in [2.24, 2.45) is 0 Å². The molecule has 1 aromatic rings. The zero-order valence-corrected chi connectivity index (χ0v) is 13.9. The number of hydrogen-bond donors (Lipinski definition) is 1. The second kappa shape index (κ2) is 11.4. The van der Waals surface area contributed by atoms with Gasteiger partial charge in [0.15, 0.2) is 11.5 Å². The van der Waals surface area contributed by atoms with Gasteiger partial charge in [0.25, 0.3) is 0 Å². The van der Waals surface area contributed by atoms with Crippen molar-refractivity contribution < 1.29 is 9.47 Å². The molecule has 0 amide bonds. The average Bonchev–Trinajstić information content (AvgIpc) is 2.50. The maximum atomic E-state index is 5.80. The molecule has 1 atom stereocenters. The summed E-state index contributed by atoms with van der Waals surface area (Å²) in [5.41, 5.74) is 0. The number of ether oxygens (including phenoxy) is 2. The van der Waals surface area contributed by atoms with Crippen LogP contribution in [-0.4, -0.2) is 25.8 Å². The Morgan fingerprint density at radius 1 is 1.00 bits per heavy atom. The topological polar surface area (TPSA) is 30.5 Å². The summed E-state index contributed by atoms with van der Waals surface area (Å²) in [5.74, 6) is 1.66. The summed E-state index contributed by atoms with van der Waals surface area (Å²) in [4.78, 5) is 0. The second-order valence-electron chi connectivity index (χ2n) is 5.43. The van der Waals surface area contributed by atoms with E-state index in [2.05, 4.69) is 19.2 Å². The van der Waals surface area contributed by atoms with Gasteiger partial charge in [-0.25, -0.2) is 0 Å². The lowest BCUT2D eigenvalue weighted by molar-refractivity contribution is 0.271. The number of rotatable bonds is 12. The van der Waals surface area contributed by atoms with Gasteiger partial charge < -0.3 is 14.8 Å². The molecular formula is C18H31NO2. The van der Waals surface area contributed by atoms with Crippen LogP contribution in [0.15, 0.2) is 24.3 Å². The summed E-state index contributed by atoms with van der Waals surface area (Å²) >= 11 is 0. The standard InChI is InChI=1S/C18H31NO2/c1-4-6-7-8-11-16(3)19-14-15-21-18-13-10-9-12-17(18)20-5-2/h9-10,12-13,16,19H,4-8,11,14-15H2,1-3H3. The first-order chi connectivity index (χ1) is 10.3. The Bertz CT molecular complexity index is 368. The molecule has 1 N–H and O–H groups in total. The fourth-order valence-electron chi connectivity index (χ4n) is 2.29. The summed E-state index contributed by atoms with van der Waals surface area (Å²) in [6, 6.07) is 8.41. The van der Waals surface area contributed by atoms with Crippen molar-refractivity contribution in [1.82, 2.24) is 5.32 Å². The molecule has 0 aliphatic heterocycles. The lowest BCUT2D eigenvalue weighted by Crippen LogP contribution is -2.30. The van der Waals surface area contributed by atoms with Crippen molar-refractivity contribution in [2.45, 2.75) is 58.9 Å². The van der Waals surface area contributed by atoms with E-state index in [1.807, 2.05) is 31.2 Å². The minimum atomic E-state index is 0.563. The fourth-order valence-corrected chi connectivity index (χ4v) is 2.29. The van der Waals surface area contributed by atoms with Gasteiger partial charge in [-0.15, -0.1) is 0 Å². The summed E-state index contributed by atoms with van der Waals surface area (Å²) < 4.78 is 11.3. The molecule has 0 saturated carbocycles. The molecular weight excluding hydrogens is 262 g/mol. The normalized spacial score (nSPS) is 12.1. The summed E-state index contributed by atoms with van der Waals surface area (Å²) in [6.07, 6.45) is 6.56. The summed E-state index contributed by atoms with van der Waals surface area (Å²) in [7, 11) is 0. The third-order valence-corrected chi connectivity index (χ3v) is 3.49. The third kappa shape index (κ3) is 7.96. The van der Waals surface area contributed by atoms with Crippen LogP contribution in [0.4, 0.5) is 0 Å². The largest absolute Gasteiger partial charge is 0.490 e. The Balaban J connectivity index is 2.16. The van der Waals surface area contributed by atoms with Crippen LogP contribution in [0.1, 0.15) is 52.9 Å². The van der Waals surface area contributed by atoms with Crippen LogP contribution in [0, 0.1) is 0 Å². The molecule has 0 aromatic heterocycles. The molecule has 0 radical (unpaired) electrons. The number of nitrogens with one attached hydrogen (secondary N) is 1. The van der Waals surface area contributed by atoms with Crippen molar-refractivity contribution >= 4 is 0 Å². The van der Waals surface area contributed by atoms with Gasteiger partial charge in [0, 0.05) is 12.6 Å². The van der Waals surface area contributed by atoms with Gasteiger partial charge in [-0.2, -0.15) is 0 Å². The average molecular weight is 293 g/mol. The Hall–Kier alpha value is -1.22. The molecule has 21 heavy (non-hydrogen) atoms. The molecule has 0 aliphatic rings. The maximum Gasteiger partial charge on any atom is 0.161 e. The van der Waals surface area contributed by atoms with Gasteiger partial charge in [0.05, 0.1) is 6.61 Å². The van der Waals surface area contributed by atoms with Crippen molar-refractivity contribution in [2.75, 3.05) is 19.8 Å². The van der Waals surface area contributed by atoms with E-state index in [-0.39, 0.29) is 0 Å². The van der Waals surface area contributed by atoms with Gasteiger partial charge in [-0.05, 0) is 32.4 Å². The van der Waals surface area contributed by atoms with Gasteiger partial charge in [-0.1, -0.05) is 44.7 Å². The first-order valence-corrected chi connectivity index (χ1v) is 8.35. The monoisotopic (exact) mass is 293 g/mol. The molecule has 3 heteroatoms. The highest BCUT2D eigenvalue weighted by atomic mass is 16.5. The molecule has 1 unspecified atom stereocenters. The molecule has 1 rings (SSSR count). The molecule has 0 saturated heterocycles. The van der Waals surface area contributed by atoms with Crippen LogP contribution < -0.4 is 14.8 Å². The van der Waals surface area contributed by atoms with E-state index in [9.17, 15) is 0 Å². The van der Waals surface area contributed by atoms with Gasteiger partial charge in [0.1, 0.15) is 6.61 Å². The maximum absolute atomic E-state index is 5.80. The lowest BCUT2D eigenvalue weighted by atomic mass is 10.1. The SMILES string of the molecule is CCCCCCC(C)NCCOc1ccccc1OCC. The molecule has 0 heterocycles. The summed E-state index contributed by atoms with van der Waals surface area (Å²) in [6.45, 7) is 8.68. The fraction of sp³-hybridized carbons (Fsp3) is 0.667. The highest BCUT2D eigenvalue weighted by Crippen LogP contribution is 2.26. The Labute approximate surface area is 130 Å². The highest BCUT2D eigenvalue weighted by molar-refractivity contribution is 5.39. The number of benzene rings is 1. The van der Waals surface area contributed by atoms with Crippen LogP contribution in [0.5, 0.6) is 11.5 Å². The van der Waals surface area contributed by atoms with E-state index >= 15 is 0 Å². The van der Waals surface area contributed by atoms with E-state index in [0.717, 1.165) is 18.0 Å². The quantitative estimate of drug-likeness (QED) is 0.579. The molecule has 0 fully saturated rings. The molecule has 0 spiro atoms. The smallest absolute Gasteiger partial charge is 0.161 e. The molecule has 3 nitrogen and oxygen atoms in total. The Kier molecular flexibility index (Phi) is 9.71. The van der Waals surface area contributed by atoms with Gasteiger partial charge in [0.2, 0.25) is 0 Å².